The molecule has 0 unspecified atom stereocenters. The van der Waals surface area contributed by atoms with E-state index >= 15 is 0 Å². The number of hydrogen-bond donors (Lipinski definition) is 0. The van der Waals surface area contributed by atoms with Crippen molar-refractivity contribution in [1.82, 2.24) is 19.7 Å². The molecule has 2 heterocycles. The maximum Gasteiger partial charge on any atom is 0.262 e. The molecule has 0 saturated carbocycles. The van der Waals surface area contributed by atoms with Gasteiger partial charge in [0.2, 0.25) is 5.89 Å². The van der Waals surface area contributed by atoms with Crippen molar-refractivity contribution < 1.29 is 4.52 Å². The molecule has 0 N–H and O–H groups in total. The van der Waals surface area contributed by atoms with E-state index in [0.717, 1.165) is 6.42 Å². The van der Waals surface area contributed by atoms with Gasteiger partial charge in [-0.15, -0.1) is 0 Å². The first-order valence-electron chi connectivity index (χ1n) is 9.31. The van der Waals surface area contributed by atoms with Crippen LogP contribution < -0.4 is 5.56 Å². The molecule has 0 fully saturated rings. The molecule has 0 aliphatic rings. The molecular weight excluding hydrogens is 396 g/mol. The largest absolute Gasteiger partial charge is 0.339 e. The zero-order chi connectivity index (χ0) is 20.5. The van der Waals surface area contributed by atoms with Gasteiger partial charge < -0.3 is 4.52 Å². The number of nitrogens with zero attached hydrogens (tertiary/aromatic N) is 4. The van der Waals surface area contributed by atoms with Crippen LogP contribution in [0.25, 0.3) is 10.9 Å². The number of fused-ring (bicyclic) bond motifs is 1. The second kappa shape index (κ2) is 8.25. The van der Waals surface area contributed by atoms with Crippen LogP contribution in [-0.4, -0.2) is 19.7 Å². The summed E-state index contributed by atoms with van der Waals surface area (Å²) in [7, 11) is 0. The van der Waals surface area contributed by atoms with Gasteiger partial charge in [-0.25, -0.2) is 4.98 Å². The number of hydrogen-bond acceptors (Lipinski definition) is 6. The van der Waals surface area contributed by atoms with Crippen LogP contribution in [0.5, 0.6) is 0 Å². The number of benzene rings is 1. The normalized spacial score (nSPS) is 12.2. The SMILES string of the molecule is CC(C)CCn1c(SCc2noc(C(C)(C)C)n2)nc2cc(Cl)ccc2c1=O. The first kappa shape index (κ1) is 20.9. The molecule has 150 valence electrons. The number of thioether (sulfide) groups is 1. The van der Waals surface area contributed by atoms with E-state index in [1.807, 2.05) is 20.8 Å². The third-order valence-electron chi connectivity index (χ3n) is 4.25. The van der Waals surface area contributed by atoms with E-state index in [1.165, 1.54) is 11.8 Å². The standard InChI is InChI=1S/C20H25ClN4O2S/c1-12(2)8-9-25-17(26)14-7-6-13(21)10-15(14)22-19(25)28-11-16-23-18(27-24-16)20(3,4)5/h6-7,10,12H,8-9,11H2,1-5H3. The van der Waals surface area contributed by atoms with Crippen molar-refractivity contribution in [1.29, 1.82) is 0 Å². The summed E-state index contributed by atoms with van der Waals surface area (Å²) >= 11 is 7.53. The Morgan fingerprint density at radius 1 is 1.25 bits per heavy atom. The zero-order valence-corrected chi connectivity index (χ0v) is 18.4. The van der Waals surface area contributed by atoms with Gasteiger partial charge in [-0.3, -0.25) is 9.36 Å². The van der Waals surface area contributed by atoms with Crippen molar-refractivity contribution in [3.63, 3.8) is 0 Å². The molecule has 28 heavy (non-hydrogen) atoms. The lowest BCUT2D eigenvalue weighted by atomic mass is 9.97. The summed E-state index contributed by atoms with van der Waals surface area (Å²) in [5.74, 6) is 2.14. The molecule has 0 spiro atoms. The Balaban J connectivity index is 1.94. The first-order chi connectivity index (χ1) is 13.1. The Morgan fingerprint density at radius 2 is 2.00 bits per heavy atom. The molecule has 3 rings (SSSR count). The van der Waals surface area contributed by atoms with Crippen LogP contribution in [0.3, 0.4) is 0 Å². The predicted molar refractivity (Wildman–Crippen MR) is 113 cm³/mol. The summed E-state index contributed by atoms with van der Waals surface area (Å²) in [6.45, 7) is 11.0. The molecule has 8 heteroatoms. The lowest BCUT2D eigenvalue weighted by Gasteiger charge is -2.14. The summed E-state index contributed by atoms with van der Waals surface area (Å²) in [5, 5.41) is 5.83. The fourth-order valence-electron chi connectivity index (χ4n) is 2.61. The molecular formula is C20H25ClN4O2S. The zero-order valence-electron chi connectivity index (χ0n) is 16.8. The Hall–Kier alpha value is -1.86. The van der Waals surface area contributed by atoms with E-state index in [2.05, 4.69) is 24.0 Å². The topological polar surface area (TPSA) is 73.8 Å². The van der Waals surface area contributed by atoms with Crippen molar-refractivity contribution in [2.24, 2.45) is 5.92 Å². The maximum atomic E-state index is 13.0. The number of aromatic nitrogens is 4. The van der Waals surface area contributed by atoms with E-state index in [4.69, 9.17) is 21.1 Å². The van der Waals surface area contributed by atoms with E-state index in [9.17, 15) is 4.79 Å². The minimum absolute atomic E-state index is 0.0479. The predicted octanol–water partition coefficient (Wildman–Crippen LogP) is 5.07. The molecule has 2 aromatic heterocycles. The fraction of sp³-hybridized carbons (Fsp3) is 0.500. The average molecular weight is 421 g/mol. The van der Waals surface area contributed by atoms with Gasteiger partial charge in [-0.2, -0.15) is 4.98 Å². The molecule has 0 saturated heterocycles. The van der Waals surface area contributed by atoms with Gasteiger partial charge in [0, 0.05) is 17.0 Å². The summed E-state index contributed by atoms with van der Waals surface area (Å²) in [5.41, 5.74) is 0.352. The van der Waals surface area contributed by atoms with Crippen LogP contribution in [0.15, 0.2) is 32.7 Å². The lowest BCUT2D eigenvalue weighted by molar-refractivity contribution is 0.319. The van der Waals surface area contributed by atoms with Crippen molar-refractivity contribution in [3.8, 4) is 0 Å². The maximum absolute atomic E-state index is 13.0. The van der Waals surface area contributed by atoms with E-state index in [1.54, 1.807) is 22.8 Å². The average Bonchev–Trinajstić information content (AvgIpc) is 3.08. The van der Waals surface area contributed by atoms with Crippen LogP contribution in [0.2, 0.25) is 5.02 Å². The van der Waals surface area contributed by atoms with Gasteiger partial charge in [-0.05, 0) is 30.5 Å². The van der Waals surface area contributed by atoms with E-state index < -0.39 is 0 Å². The smallest absolute Gasteiger partial charge is 0.262 e. The van der Waals surface area contributed by atoms with Crippen molar-refractivity contribution >= 4 is 34.3 Å². The number of halogens is 1. The highest BCUT2D eigenvalue weighted by Crippen LogP contribution is 2.25. The molecule has 0 amide bonds. The third kappa shape index (κ3) is 4.75. The highest BCUT2D eigenvalue weighted by molar-refractivity contribution is 7.98. The van der Waals surface area contributed by atoms with Gasteiger partial charge in [0.25, 0.3) is 5.56 Å². The third-order valence-corrected chi connectivity index (χ3v) is 5.46. The molecule has 1 aromatic carbocycles. The van der Waals surface area contributed by atoms with Gasteiger partial charge in [0.1, 0.15) is 0 Å². The Morgan fingerprint density at radius 3 is 2.64 bits per heavy atom. The summed E-state index contributed by atoms with van der Waals surface area (Å²) in [6.07, 6.45) is 0.893. The first-order valence-corrected chi connectivity index (χ1v) is 10.7. The fourth-order valence-corrected chi connectivity index (χ4v) is 3.65. The second-order valence-electron chi connectivity index (χ2n) is 8.25. The van der Waals surface area contributed by atoms with E-state index in [-0.39, 0.29) is 11.0 Å². The van der Waals surface area contributed by atoms with Crippen molar-refractivity contribution in [2.75, 3.05) is 0 Å². The highest BCUT2D eigenvalue weighted by Gasteiger charge is 2.22. The molecule has 0 bridgehead atoms. The summed E-state index contributed by atoms with van der Waals surface area (Å²) < 4.78 is 7.10. The Labute approximate surface area is 173 Å². The molecule has 0 aliphatic carbocycles. The summed E-state index contributed by atoms with van der Waals surface area (Å²) in [6, 6.07) is 5.18. The second-order valence-corrected chi connectivity index (χ2v) is 9.63. The molecule has 6 nitrogen and oxygen atoms in total. The van der Waals surface area contributed by atoms with Crippen LogP contribution in [0.1, 0.15) is 52.8 Å². The van der Waals surface area contributed by atoms with Gasteiger partial charge >= 0.3 is 0 Å². The quantitative estimate of drug-likeness (QED) is 0.409. The van der Waals surface area contributed by atoms with Crippen LogP contribution in [-0.2, 0) is 17.7 Å². The highest BCUT2D eigenvalue weighted by atomic mass is 35.5. The van der Waals surface area contributed by atoms with Crippen LogP contribution in [0, 0.1) is 5.92 Å². The molecule has 3 aromatic rings. The minimum atomic E-state index is -0.201. The van der Waals surface area contributed by atoms with Crippen molar-refractivity contribution in [2.45, 2.75) is 63.9 Å². The van der Waals surface area contributed by atoms with Crippen molar-refractivity contribution in [3.05, 3.63) is 45.3 Å². The molecule has 0 atom stereocenters. The lowest BCUT2D eigenvalue weighted by Crippen LogP contribution is -2.24. The minimum Gasteiger partial charge on any atom is -0.339 e. The summed E-state index contributed by atoms with van der Waals surface area (Å²) in [4.78, 5) is 22.2. The molecule has 0 radical (unpaired) electrons. The Bertz CT molecular complexity index is 1040. The monoisotopic (exact) mass is 420 g/mol. The van der Waals surface area contributed by atoms with Gasteiger partial charge in [0.15, 0.2) is 11.0 Å². The van der Waals surface area contributed by atoms with Crippen LogP contribution >= 0.6 is 23.4 Å². The van der Waals surface area contributed by atoms with Crippen LogP contribution in [0.4, 0.5) is 0 Å². The molecule has 0 aliphatic heterocycles. The van der Waals surface area contributed by atoms with E-state index in [0.29, 0.717) is 51.0 Å². The Kier molecular flexibility index (Phi) is 6.15. The van der Waals surface area contributed by atoms with Gasteiger partial charge in [0.05, 0.1) is 16.7 Å². The number of rotatable bonds is 6. The van der Waals surface area contributed by atoms with Gasteiger partial charge in [-0.1, -0.05) is 63.1 Å².